The molecular weight excluding hydrogens is 567 g/mol. The minimum Gasteiger partial charge on any atom is -0.870 e. The Morgan fingerprint density at radius 2 is 1.95 bits per heavy atom. The van der Waals surface area contributed by atoms with E-state index in [0.717, 1.165) is 54.7 Å². The molecule has 2 saturated carbocycles. The fourth-order valence-electron chi connectivity index (χ4n) is 5.28. The zero-order chi connectivity index (χ0) is 27.8. The van der Waals surface area contributed by atoms with Crippen LogP contribution in [0.25, 0.3) is 16.4 Å². The average Bonchev–Trinajstić information content (AvgIpc) is 3.27. The molecule has 2 aromatic carbocycles. The van der Waals surface area contributed by atoms with Crippen molar-refractivity contribution in [1.29, 1.82) is 0 Å². The molecule has 0 amide bonds. The number of ether oxygens (including phenoxy) is 1. The molecule has 0 radical (unpaired) electrons. The summed E-state index contributed by atoms with van der Waals surface area (Å²) in [5.74, 6) is -0.419. The number of nitrogens with zero attached hydrogens (tertiary/aromatic N) is 3. The summed E-state index contributed by atoms with van der Waals surface area (Å²) in [5, 5.41) is 21.9. The Morgan fingerprint density at radius 3 is 2.61 bits per heavy atom. The number of thiol groups is 1. The van der Waals surface area contributed by atoms with E-state index in [1.54, 1.807) is 10.7 Å². The molecule has 4 aromatic rings. The van der Waals surface area contributed by atoms with Gasteiger partial charge >= 0.3 is 5.97 Å². The van der Waals surface area contributed by atoms with Gasteiger partial charge in [-0.3, -0.25) is 0 Å². The third-order valence-corrected chi connectivity index (χ3v) is 9.16. The van der Waals surface area contributed by atoms with Crippen molar-refractivity contribution >= 4 is 28.3 Å². The average molecular weight is 599 g/mol. The quantitative estimate of drug-likeness (QED) is 0.182. The number of carboxylic acid groups (broad SMARTS) is 1. The van der Waals surface area contributed by atoms with Crippen molar-refractivity contribution in [1.82, 2.24) is 14.8 Å². The molecule has 4 N–H and O–H groups in total. The molecule has 2 fully saturated rings. The molecule has 0 aliphatic heterocycles. The second-order valence-corrected chi connectivity index (χ2v) is 12.5. The van der Waals surface area contributed by atoms with Crippen molar-refractivity contribution in [2.24, 2.45) is 11.1 Å². The Kier molecular flexibility index (Phi) is 8.64. The van der Waals surface area contributed by atoms with Gasteiger partial charge in [0.1, 0.15) is 5.75 Å². The Balaban J connectivity index is 0.00000337. The summed E-state index contributed by atoms with van der Waals surface area (Å²) in [6.07, 6.45) is 7.97. The number of aromatic carboxylic acids is 1. The molecule has 1 unspecified atom stereocenters. The number of hydrogen-bond donors (Lipinski definition) is 2. The molecular formula is C29H31FN4O5S2. The fraction of sp³-hybridized carbons (Fsp3) is 0.345. The number of halogens is 1. The van der Waals surface area contributed by atoms with Crippen molar-refractivity contribution < 1.29 is 28.7 Å². The van der Waals surface area contributed by atoms with Gasteiger partial charge in [0.15, 0.2) is 22.5 Å². The lowest BCUT2D eigenvalue weighted by Crippen LogP contribution is -2.10. The zero-order valence-corrected chi connectivity index (χ0v) is 23.9. The predicted octanol–water partition coefficient (Wildman–Crippen LogP) is 5.45. The molecule has 2 aliphatic rings. The highest BCUT2D eigenvalue weighted by molar-refractivity contribution is 7.82. The standard InChI is InChI=1S/C29H29FN4O4S2.H2O/c30-23-13-18(10-11-26(23)40(31)37)12-22-25(14-17-8-9-17)34(29-32-24(16-39-29)28(35)36)33-27(22)19-4-3-7-21(15-19)38-20-5-1-2-6-20;/h3-4,7,10-11,13,15-17,20H,1-2,5-6,8-9,12,14H2,(H2,31,37)(H,35,36);1H2. The number of carbonyl (C=O) groups is 1. The normalized spacial score (nSPS) is 16.0. The van der Waals surface area contributed by atoms with Crippen molar-refractivity contribution in [3.8, 4) is 22.1 Å². The van der Waals surface area contributed by atoms with Gasteiger partial charge in [0.05, 0.1) is 17.5 Å². The Labute approximate surface area is 243 Å². The predicted molar refractivity (Wildman–Crippen MR) is 154 cm³/mol. The zero-order valence-electron chi connectivity index (χ0n) is 22.2. The highest BCUT2D eigenvalue weighted by Gasteiger charge is 2.30. The van der Waals surface area contributed by atoms with Crippen LogP contribution in [-0.4, -0.2) is 37.4 Å². The third kappa shape index (κ3) is 6.40. The van der Waals surface area contributed by atoms with Crippen LogP contribution in [0.3, 0.4) is 0 Å². The first-order chi connectivity index (χ1) is 19.4. The van der Waals surface area contributed by atoms with Gasteiger partial charge in [-0.15, -0.1) is 16.5 Å². The fourth-order valence-corrected chi connectivity index (χ4v) is 6.55. The summed E-state index contributed by atoms with van der Waals surface area (Å²) in [6, 6.07) is 12.5. The number of aromatic nitrogens is 3. The van der Waals surface area contributed by atoms with Crippen molar-refractivity contribution in [3.63, 3.8) is 0 Å². The Morgan fingerprint density at radius 1 is 1.17 bits per heavy atom. The van der Waals surface area contributed by atoms with Gasteiger partial charge in [-0.25, -0.2) is 18.9 Å². The van der Waals surface area contributed by atoms with Crippen molar-refractivity contribution in [2.75, 3.05) is 0 Å². The molecule has 0 spiro atoms. The van der Waals surface area contributed by atoms with E-state index in [2.05, 4.69) is 4.98 Å². The lowest BCUT2D eigenvalue weighted by Gasteiger charge is -2.14. The lowest BCUT2D eigenvalue weighted by molar-refractivity contribution is 0.0691. The van der Waals surface area contributed by atoms with Crippen LogP contribution >= 0.6 is 11.3 Å². The van der Waals surface area contributed by atoms with Crippen LogP contribution < -0.4 is 9.88 Å². The number of nitrogens with two attached hydrogens (primary N) is 1. The maximum absolute atomic E-state index is 14.8. The van der Waals surface area contributed by atoms with Gasteiger partial charge in [0.2, 0.25) is 10.0 Å². The summed E-state index contributed by atoms with van der Waals surface area (Å²) in [5.41, 5.74) is 4.09. The third-order valence-electron chi connectivity index (χ3n) is 7.50. The van der Waals surface area contributed by atoms with E-state index in [0.29, 0.717) is 28.7 Å². The van der Waals surface area contributed by atoms with Gasteiger partial charge in [-0.05, 0) is 80.7 Å². The molecule has 1 atom stereocenters. The Hall–Kier alpha value is -3.45. The van der Waals surface area contributed by atoms with Gasteiger partial charge < -0.3 is 15.3 Å². The van der Waals surface area contributed by atoms with E-state index in [9.17, 15) is 18.5 Å². The number of hydrogen-bond acceptors (Lipinski definition) is 7. The molecule has 0 saturated heterocycles. The first-order valence-corrected chi connectivity index (χ1v) is 15.6. The molecule has 216 valence electrons. The molecule has 2 heterocycles. The van der Waals surface area contributed by atoms with Crippen molar-refractivity contribution in [3.05, 3.63) is 76.2 Å². The number of carboxylic acids is 1. The van der Waals surface area contributed by atoms with E-state index in [4.69, 9.17) is 15.0 Å². The summed E-state index contributed by atoms with van der Waals surface area (Å²) in [7, 11) is -2.29. The highest BCUT2D eigenvalue weighted by atomic mass is 32.2. The summed E-state index contributed by atoms with van der Waals surface area (Å²) in [4.78, 5) is 15.9. The van der Waals surface area contributed by atoms with E-state index in [1.807, 2.05) is 24.3 Å². The van der Waals surface area contributed by atoms with Crippen LogP contribution in [0, 0.1) is 11.7 Å². The molecule has 9 nitrogen and oxygen atoms in total. The maximum Gasteiger partial charge on any atom is 0.355 e. The molecule has 2 aliphatic carbocycles. The van der Waals surface area contributed by atoms with Crippen LogP contribution in [-0.2, 0) is 28.0 Å². The summed E-state index contributed by atoms with van der Waals surface area (Å²) in [6.45, 7) is 0. The van der Waals surface area contributed by atoms with Gasteiger partial charge in [-0.2, -0.15) is 5.10 Å². The van der Waals surface area contributed by atoms with Gasteiger partial charge in [-0.1, -0.05) is 22.4 Å². The molecule has 2 aromatic heterocycles. The number of rotatable bonds is 10. The Bertz CT molecular complexity index is 1590. The SMILES string of the molecule is N[SH+](=O)c1ccc(Cc2c(-c3cccc(OC4CCCC4)c3)nn(-c3nc(C(=O)O)cs3)c2CC2CC2)cc1F.[OH-]. The first-order valence-electron chi connectivity index (χ1n) is 13.4. The monoisotopic (exact) mass is 598 g/mol. The molecule has 0 bridgehead atoms. The lowest BCUT2D eigenvalue weighted by atomic mass is 9.97. The summed E-state index contributed by atoms with van der Waals surface area (Å²) >= 11 is 1.23. The van der Waals surface area contributed by atoms with Crippen molar-refractivity contribution in [2.45, 2.75) is 62.4 Å². The molecule has 12 heteroatoms. The number of thiazole rings is 1. The maximum atomic E-state index is 14.8. The van der Waals surface area contributed by atoms with Gasteiger partial charge in [0, 0.05) is 22.9 Å². The smallest absolute Gasteiger partial charge is 0.355 e. The van der Waals surface area contributed by atoms with Crippen LogP contribution in [0.5, 0.6) is 5.75 Å². The first kappa shape index (κ1) is 29.1. The minimum atomic E-state index is -2.29. The molecule has 41 heavy (non-hydrogen) atoms. The highest BCUT2D eigenvalue weighted by Crippen LogP contribution is 2.39. The topological polar surface area (TPSA) is 150 Å². The minimum absolute atomic E-state index is 0. The van der Waals surface area contributed by atoms with E-state index >= 15 is 0 Å². The number of benzene rings is 2. The van der Waals surface area contributed by atoms with Crippen LogP contribution in [0.1, 0.15) is 65.8 Å². The largest absolute Gasteiger partial charge is 0.870 e. The second-order valence-electron chi connectivity index (χ2n) is 10.5. The van der Waals surface area contributed by atoms with Crippen LogP contribution in [0.15, 0.2) is 52.7 Å². The van der Waals surface area contributed by atoms with Gasteiger partial charge in [0.25, 0.3) is 0 Å². The summed E-state index contributed by atoms with van der Waals surface area (Å²) < 4.78 is 34.5. The van der Waals surface area contributed by atoms with E-state index < -0.39 is 22.8 Å². The van der Waals surface area contributed by atoms with Crippen LogP contribution in [0.4, 0.5) is 4.39 Å². The van der Waals surface area contributed by atoms with E-state index in [1.165, 1.54) is 41.7 Å². The van der Waals surface area contributed by atoms with Crippen LogP contribution in [0.2, 0.25) is 0 Å². The molecule has 6 rings (SSSR count). The second kappa shape index (κ2) is 12.2. The van der Waals surface area contributed by atoms with E-state index in [-0.39, 0.29) is 22.2 Å².